The van der Waals surface area contributed by atoms with E-state index in [9.17, 15) is 19.0 Å². The molecule has 0 aromatic carbocycles. The summed E-state index contributed by atoms with van der Waals surface area (Å²) in [5.41, 5.74) is 0. The average molecular weight is 1120 g/mol. The Morgan fingerprint density at radius 2 is 0.722 bits per heavy atom. The van der Waals surface area contributed by atoms with Crippen LogP contribution in [0.3, 0.4) is 0 Å². The van der Waals surface area contributed by atoms with Crippen LogP contribution in [0.5, 0.6) is 0 Å². The minimum absolute atomic E-state index is 0.0190. The Labute approximate surface area is 484 Å². The van der Waals surface area contributed by atoms with Gasteiger partial charge in [0.15, 0.2) is 6.10 Å². The third-order valence-corrected chi connectivity index (χ3v) is 13.6. The molecule has 0 amide bonds. The molecular weight excluding hydrogens is 1000 g/mol. The van der Waals surface area contributed by atoms with Gasteiger partial charge in [0.25, 0.3) is 0 Å². The van der Waals surface area contributed by atoms with Crippen molar-refractivity contribution in [1.29, 1.82) is 0 Å². The molecule has 2 atom stereocenters. The molecule has 0 heterocycles. The first-order chi connectivity index (χ1) is 38.5. The van der Waals surface area contributed by atoms with Gasteiger partial charge in [-0.15, -0.1) is 0 Å². The van der Waals surface area contributed by atoms with Crippen molar-refractivity contribution in [3.8, 4) is 0 Å². The number of allylic oxidation sites excluding steroid dienone is 24. The quantitative estimate of drug-likeness (QED) is 0.0211. The molecule has 0 aromatic rings. The highest BCUT2D eigenvalue weighted by molar-refractivity contribution is 7.47. The van der Waals surface area contributed by atoms with Crippen molar-refractivity contribution in [2.24, 2.45) is 0 Å². The van der Waals surface area contributed by atoms with Gasteiger partial charge in [0.2, 0.25) is 0 Å². The molecule has 0 aliphatic carbocycles. The van der Waals surface area contributed by atoms with Crippen LogP contribution in [-0.4, -0.2) is 74.9 Å². The van der Waals surface area contributed by atoms with Crippen LogP contribution in [-0.2, 0) is 32.7 Å². The Hall–Kier alpha value is -4.11. The molecule has 79 heavy (non-hydrogen) atoms. The van der Waals surface area contributed by atoms with Crippen LogP contribution in [0.2, 0.25) is 0 Å². The summed E-state index contributed by atoms with van der Waals surface area (Å²) in [7, 11) is 1.44. The highest BCUT2D eigenvalue weighted by Gasteiger charge is 2.27. The van der Waals surface area contributed by atoms with E-state index in [4.69, 9.17) is 18.5 Å². The number of rotatable bonds is 55. The molecular formula is C69H115NO8P+. The van der Waals surface area contributed by atoms with Crippen LogP contribution in [0.15, 0.2) is 146 Å². The van der Waals surface area contributed by atoms with Gasteiger partial charge in [-0.2, -0.15) is 0 Å². The number of likely N-dealkylation sites (N-methyl/N-ethyl adjacent to an activating group) is 1. The third-order valence-electron chi connectivity index (χ3n) is 12.6. The summed E-state index contributed by atoms with van der Waals surface area (Å²) in [6.45, 7) is 4.27. The van der Waals surface area contributed by atoms with Crippen LogP contribution in [0.4, 0.5) is 0 Å². The lowest BCUT2D eigenvalue weighted by atomic mass is 10.1. The van der Waals surface area contributed by atoms with Crippen molar-refractivity contribution in [1.82, 2.24) is 0 Å². The third kappa shape index (κ3) is 62.9. The van der Waals surface area contributed by atoms with Gasteiger partial charge in [0, 0.05) is 12.8 Å². The topological polar surface area (TPSA) is 108 Å². The van der Waals surface area contributed by atoms with Crippen molar-refractivity contribution in [2.45, 2.75) is 232 Å². The molecule has 0 saturated heterocycles. The van der Waals surface area contributed by atoms with Gasteiger partial charge in [-0.05, 0) is 122 Å². The number of unbranched alkanes of at least 4 members (excludes halogenated alkanes) is 17. The molecule has 0 aliphatic heterocycles. The van der Waals surface area contributed by atoms with Gasteiger partial charge in [0.1, 0.15) is 19.8 Å². The molecule has 9 nitrogen and oxygen atoms in total. The number of phosphoric acid groups is 1. The first kappa shape index (κ1) is 74.9. The number of phosphoric ester groups is 1. The van der Waals surface area contributed by atoms with Gasteiger partial charge in [-0.25, -0.2) is 4.57 Å². The smallest absolute Gasteiger partial charge is 0.462 e. The van der Waals surface area contributed by atoms with Gasteiger partial charge in [0.05, 0.1) is 27.7 Å². The second kappa shape index (κ2) is 58.5. The Morgan fingerprint density at radius 3 is 1.09 bits per heavy atom. The van der Waals surface area contributed by atoms with E-state index in [0.29, 0.717) is 17.4 Å². The van der Waals surface area contributed by atoms with Crippen LogP contribution < -0.4 is 0 Å². The number of carbonyl (C=O) groups is 2. The van der Waals surface area contributed by atoms with Gasteiger partial charge in [-0.3, -0.25) is 18.6 Å². The van der Waals surface area contributed by atoms with Crippen molar-refractivity contribution < 1.29 is 42.1 Å². The van der Waals surface area contributed by atoms with E-state index in [-0.39, 0.29) is 32.0 Å². The highest BCUT2D eigenvalue weighted by atomic mass is 31.2. The molecule has 448 valence electrons. The fourth-order valence-electron chi connectivity index (χ4n) is 7.84. The molecule has 0 fully saturated rings. The van der Waals surface area contributed by atoms with E-state index in [1.807, 2.05) is 21.1 Å². The summed E-state index contributed by atoms with van der Waals surface area (Å²) in [4.78, 5) is 35.7. The summed E-state index contributed by atoms with van der Waals surface area (Å²) in [6, 6.07) is 0. The van der Waals surface area contributed by atoms with Crippen LogP contribution in [0.25, 0.3) is 0 Å². The maximum Gasteiger partial charge on any atom is 0.472 e. The van der Waals surface area contributed by atoms with Crippen molar-refractivity contribution in [3.05, 3.63) is 146 Å². The number of ether oxygens (including phenoxy) is 2. The first-order valence-electron chi connectivity index (χ1n) is 31.1. The zero-order valence-corrected chi connectivity index (χ0v) is 51.7. The molecule has 0 bridgehead atoms. The molecule has 0 radical (unpaired) electrons. The second-order valence-corrected chi connectivity index (χ2v) is 22.8. The molecule has 2 unspecified atom stereocenters. The number of nitrogens with zero attached hydrogens (tertiary/aromatic N) is 1. The fraction of sp³-hybridized carbons (Fsp3) is 0.623. The SMILES string of the molecule is CC/C=C\C/C=C\C/C=C\C/C=C\C/C=C\C/C=C\C/C=C\C/C=C\C/C=C\C/C=C\C/C=C\CCCCCCCC(=O)OC(COC(=O)CCCCCCC/C=C\CCCCCCCCC)COP(=O)(O)OCC[N+](C)(C)C. The van der Waals surface area contributed by atoms with E-state index in [1.54, 1.807) is 0 Å². The minimum Gasteiger partial charge on any atom is -0.462 e. The molecule has 0 aromatic heterocycles. The van der Waals surface area contributed by atoms with E-state index in [0.717, 1.165) is 141 Å². The first-order valence-corrected chi connectivity index (χ1v) is 32.6. The summed E-state index contributed by atoms with van der Waals surface area (Å²) in [6.07, 6.45) is 86.4. The molecule has 0 rings (SSSR count). The lowest BCUT2D eigenvalue weighted by Gasteiger charge is -2.24. The number of hydrogen-bond donors (Lipinski definition) is 1. The lowest BCUT2D eigenvalue weighted by Crippen LogP contribution is -2.37. The van der Waals surface area contributed by atoms with Gasteiger partial charge < -0.3 is 18.9 Å². The van der Waals surface area contributed by atoms with E-state index >= 15 is 0 Å². The minimum atomic E-state index is -4.40. The lowest BCUT2D eigenvalue weighted by molar-refractivity contribution is -0.870. The Balaban J connectivity index is 4.20. The average Bonchev–Trinajstić information content (AvgIpc) is 3.41. The summed E-state index contributed by atoms with van der Waals surface area (Å²) >= 11 is 0. The zero-order chi connectivity index (χ0) is 57.7. The van der Waals surface area contributed by atoms with E-state index < -0.39 is 26.5 Å². The van der Waals surface area contributed by atoms with Gasteiger partial charge in [-0.1, -0.05) is 237 Å². The van der Waals surface area contributed by atoms with E-state index in [2.05, 4.69) is 160 Å². The fourth-order valence-corrected chi connectivity index (χ4v) is 8.58. The number of hydrogen-bond acceptors (Lipinski definition) is 7. The second-order valence-electron chi connectivity index (χ2n) is 21.4. The number of esters is 2. The summed E-state index contributed by atoms with van der Waals surface area (Å²) in [5, 5.41) is 0. The molecule has 1 N–H and O–H groups in total. The van der Waals surface area contributed by atoms with Crippen molar-refractivity contribution in [2.75, 3.05) is 47.5 Å². The number of carbonyl (C=O) groups excluding carboxylic acids is 2. The largest absolute Gasteiger partial charge is 0.472 e. The van der Waals surface area contributed by atoms with Crippen LogP contribution >= 0.6 is 7.82 Å². The Bertz CT molecular complexity index is 1840. The highest BCUT2D eigenvalue weighted by Crippen LogP contribution is 2.43. The van der Waals surface area contributed by atoms with Gasteiger partial charge >= 0.3 is 19.8 Å². The molecule has 0 aliphatic rings. The van der Waals surface area contributed by atoms with Crippen LogP contribution in [0.1, 0.15) is 226 Å². The Kier molecular flexibility index (Phi) is 55.5. The molecule has 0 saturated carbocycles. The van der Waals surface area contributed by atoms with E-state index in [1.165, 1.54) is 51.4 Å². The van der Waals surface area contributed by atoms with Crippen molar-refractivity contribution >= 4 is 19.8 Å². The van der Waals surface area contributed by atoms with Crippen molar-refractivity contribution in [3.63, 3.8) is 0 Å². The van der Waals surface area contributed by atoms with Crippen LogP contribution in [0, 0.1) is 0 Å². The monoisotopic (exact) mass is 1120 g/mol. The molecule has 0 spiro atoms. The maximum atomic E-state index is 12.8. The standard InChI is InChI=1S/C69H114NO8P/c1-6-8-10-12-14-16-18-20-22-24-25-26-27-28-29-30-31-32-33-34-35-36-37-38-39-40-41-42-43-44-45-46-48-50-52-54-56-58-60-62-69(72)78-67(66-77-79(73,74)76-64-63-70(3,4)5)65-75-68(71)61-59-57-55-53-51-49-47-23-21-19-17-15-13-11-9-7-2/h8,10,14,16,20,22-23,25-26,28-29,31-32,34-35,37-38,40-41,43-44,46-48,67H,6-7,9,11-13,15,17-19,21,24,27,30,33,36,39,42,45,49-66H2,1-5H3/p+1/b10-8-,16-14-,22-20-,26-25-,29-28-,32-31-,35-34-,38-37-,41-40-,44-43-,47-23-,48-46-. The molecule has 10 heteroatoms. The Morgan fingerprint density at radius 1 is 0.405 bits per heavy atom. The summed E-state index contributed by atoms with van der Waals surface area (Å²) < 4.78 is 34.5. The zero-order valence-electron chi connectivity index (χ0n) is 50.8. The number of quaternary nitrogens is 1. The predicted molar refractivity (Wildman–Crippen MR) is 339 cm³/mol. The maximum absolute atomic E-state index is 12.8. The predicted octanol–water partition coefficient (Wildman–Crippen LogP) is 19.9. The summed E-state index contributed by atoms with van der Waals surface area (Å²) in [5.74, 6) is -0.838. The normalized spacial score (nSPS) is 14.3.